The fourth-order valence-corrected chi connectivity index (χ4v) is 2.78. The van der Waals surface area contributed by atoms with Crippen molar-refractivity contribution in [1.29, 1.82) is 0 Å². The number of nitrogens with zero attached hydrogens (tertiary/aromatic N) is 3. The number of benzene rings is 1. The van der Waals surface area contributed by atoms with Gasteiger partial charge in [0.05, 0.1) is 5.69 Å². The van der Waals surface area contributed by atoms with Crippen molar-refractivity contribution in [3.05, 3.63) is 64.3 Å². The molecule has 1 aromatic carbocycles. The van der Waals surface area contributed by atoms with Gasteiger partial charge in [0.1, 0.15) is 5.75 Å². The van der Waals surface area contributed by atoms with Gasteiger partial charge in [0, 0.05) is 42.3 Å². The molecule has 136 valence electrons. The van der Waals surface area contributed by atoms with Crippen molar-refractivity contribution >= 4 is 0 Å². The van der Waals surface area contributed by atoms with Gasteiger partial charge in [-0.3, -0.25) is 14.0 Å². The maximum absolute atomic E-state index is 12.4. The van der Waals surface area contributed by atoms with E-state index in [9.17, 15) is 18.0 Å². The molecule has 0 aliphatic heterocycles. The molecule has 0 spiro atoms. The average molecular weight is 363 g/mol. The first-order valence-corrected chi connectivity index (χ1v) is 7.74. The summed E-state index contributed by atoms with van der Waals surface area (Å²) in [6.07, 6.45) is -1.23. The molecule has 0 amide bonds. The molecule has 3 aromatic rings. The fraction of sp³-hybridized carbons (Fsp3) is 0.222. The zero-order valence-electron chi connectivity index (χ0n) is 14.3. The summed E-state index contributed by atoms with van der Waals surface area (Å²) in [4.78, 5) is 12.4. The predicted molar refractivity (Wildman–Crippen MR) is 90.4 cm³/mol. The molecule has 0 radical (unpaired) electrons. The minimum atomic E-state index is -4.76. The summed E-state index contributed by atoms with van der Waals surface area (Å²) in [5, 5.41) is 4.31. The largest absolute Gasteiger partial charge is 0.573 e. The van der Waals surface area contributed by atoms with E-state index in [4.69, 9.17) is 0 Å². The molecule has 0 unspecified atom stereocenters. The van der Waals surface area contributed by atoms with Crippen LogP contribution in [0.4, 0.5) is 13.2 Å². The Labute approximate surface area is 147 Å². The van der Waals surface area contributed by atoms with Crippen molar-refractivity contribution < 1.29 is 17.9 Å². The Balaban J connectivity index is 2.04. The second kappa shape index (κ2) is 6.36. The van der Waals surface area contributed by atoms with Gasteiger partial charge < -0.3 is 4.74 Å². The predicted octanol–water partition coefficient (Wildman–Crippen LogP) is 3.75. The summed E-state index contributed by atoms with van der Waals surface area (Å²) in [5.74, 6) is -0.343. The van der Waals surface area contributed by atoms with E-state index in [1.807, 2.05) is 20.0 Å². The molecule has 5 nitrogen and oxygen atoms in total. The summed E-state index contributed by atoms with van der Waals surface area (Å²) in [6, 6.07) is 6.63. The van der Waals surface area contributed by atoms with E-state index < -0.39 is 6.36 Å². The van der Waals surface area contributed by atoms with Crippen molar-refractivity contribution in [2.75, 3.05) is 0 Å². The van der Waals surface area contributed by atoms with Gasteiger partial charge in [-0.05, 0) is 43.7 Å². The Morgan fingerprint density at radius 3 is 2.23 bits per heavy atom. The van der Waals surface area contributed by atoms with Crippen LogP contribution < -0.4 is 10.3 Å². The van der Waals surface area contributed by atoms with Gasteiger partial charge in [0.25, 0.3) is 5.56 Å². The van der Waals surface area contributed by atoms with Gasteiger partial charge >= 0.3 is 6.36 Å². The van der Waals surface area contributed by atoms with Crippen molar-refractivity contribution in [1.82, 2.24) is 14.3 Å². The number of rotatable bonds is 3. The van der Waals surface area contributed by atoms with Crippen LogP contribution >= 0.6 is 0 Å². The molecule has 2 heterocycles. The monoisotopic (exact) mass is 363 g/mol. The number of ether oxygens (including phenoxy) is 1. The Morgan fingerprint density at radius 1 is 1.04 bits per heavy atom. The third kappa shape index (κ3) is 3.63. The van der Waals surface area contributed by atoms with Crippen LogP contribution in [0.5, 0.6) is 5.75 Å². The zero-order valence-corrected chi connectivity index (χ0v) is 14.3. The molecular weight excluding hydrogens is 347 g/mol. The highest BCUT2D eigenvalue weighted by Gasteiger charge is 2.31. The first-order chi connectivity index (χ1) is 12.1. The van der Waals surface area contributed by atoms with Crippen LogP contribution in [0.25, 0.3) is 16.8 Å². The second-order valence-corrected chi connectivity index (χ2v) is 5.92. The minimum absolute atomic E-state index is 0.280. The quantitative estimate of drug-likeness (QED) is 0.712. The lowest BCUT2D eigenvalue weighted by Crippen LogP contribution is -2.19. The highest BCUT2D eigenvalue weighted by Crippen LogP contribution is 2.27. The number of halogens is 3. The van der Waals surface area contributed by atoms with Crippen molar-refractivity contribution in [3.8, 4) is 22.6 Å². The molecular formula is C18H16F3N3O2. The second-order valence-electron chi connectivity index (χ2n) is 5.92. The first-order valence-electron chi connectivity index (χ1n) is 7.74. The van der Waals surface area contributed by atoms with Gasteiger partial charge in [0.15, 0.2) is 0 Å². The van der Waals surface area contributed by atoms with E-state index in [1.165, 1.54) is 34.9 Å². The molecule has 2 aromatic heterocycles. The van der Waals surface area contributed by atoms with Gasteiger partial charge in [-0.25, -0.2) is 0 Å². The SMILES string of the molecule is Cc1cc(=O)n(-c2ccc(OC(F)(F)F)cc2)cc1-c1cn(C)nc1C. The van der Waals surface area contributed by atoms with Crippen LogP contribution in [-0.4, -0.2) is 20.7 Å². The van der Waals surface area contributed by atoms with E-state index in [0.717, 1.165) is 22.4 Å². The molecule has 0 saturated carbocycles. The molecule has 0 aliphatic rings. The van der Waals surface area contributed by atoms with Gasteiger partial charge in [-0.15, -0.1) is 13.2 Å². The van der Waals surface area contributed by atoms with Gasteiger partial charge in [0.2, 0.25) is 0 Å². The number of aryl methyl sites for hydroxylation is 3. The Bertz CT molecular complexity index is 1000. The highest BCUT2D eigenvalue weighted by molar-refractivity contribution is 5.68. The third-order valence-electron chi connectivity index (χ3n) is 3.91. The number of pyridine rings is 1. The van der Waals surface area contributed by atoms with Crippen molar-refractivity contribution in [2.45, 2.75) is 20.2 Å². The van der Waals surface area contributed by atoms with Gasteiger partial charge in [-0.2, -0.15) is 5.10 Å². The topological polar surface area (TPSA) is 49.0 Å². The van der Waals surface area contributed by atoms with Crippen LogP contribution in [0.3, 0.4) is 0 Å². The molecule has 0 aliphatic carbocycles. The summed E-state index contributed by atoms with van der Waals surface area (Å²) in [6.45, 7) is 3.70. The van der Waals surface area contributed by atoms with Crippen molar-refractivity contribution in [3.63, 3.8) is 0 Å². The highest BCUT2D eigenvalue weighted by atomic mass is 19.4. The van der Waals surface area contributed by atoms with E-state index in [2.05, 4.69) is 9.84 Å². The standard InChI is InChI=1S/C18H16F3N3O2/c1-11-8-17(25)24(10-15(11)16-9-23(3)22-12(16)2)13-4-6-14(7-5-13)26-18(19,20)21/h4-10H,1-3H3. The summed E-state index contributed by atoms with van der Waals surface area (Å²) in [5.41, 5.74) is 3.47. The number of hydrogen-bond donors (Lipinski definition) is 0. The third-order valence-corrected chi connectivity index (χ3v) is 3.91. The average Bonchev–Trinajstić information content (AvgIpc) is 2.85. The lowest BCUT2D eigenvalue weighted by Gasteiger charge is -2.12. The Hall–Kier alpha value is -3.03. The molecule has 8 heteroatoms. The molecule has 0 atom stereocenters. The Morgan fingerprint density at radius 2 is 1.69 bits per heavy atom. The molecule has 0 fully saturated rings. The maximum Gasteiger partial charge on any atom is 0.573 e. The van der Waals surface area contributed by atoms with Crippen LogP contribution in [0, 0.1) is 13.8 Å². The molecule has 3 rings (SSSR count). The van der Waals surface area contributed by atoms with E-state index >= 15 is 0 Å². The first kappa shape index (κ1) is 17.8. The number of hydrogen-bond acceptors (Lipinski definition) is 3. The fourth-order valence-electron chi connectivity index (χ4n) is 2.78. The smallest absolute Gasteiger partial charge is 0.406 e. The van der Waals surface area contributed by atoms with Crippen LogP contribution in [0.1, 0.15) is 11.3 Å². The summed E-state index contributed by atoms with van der Waals surface area (Å²) in [7, 11) is 1.81. The lowest BCUT2D eigenvalue weighted by atomic mass is 10.0. The molecule has 0 saturated heterocycles. The number of alkyl halides is 3. The molecule has 0 N–H and O–H groups in total. The Kier molecular flexibility index (Phi) is 4.35. The normalized spacial score (nSPS) is 11.6. The minimum Gasteiger partial charge on any atom is -0.406 e. The lowest BCUT2D eigenvalue weighted by molar-refractivity contribution is -0.274. The van der Waals surface area contributed by atoms with E-state index in [0.29, 0.717) is 5.69 Å². The van der Waals surface area contributed by atoms with Crippen LogP contribution in [0.2, 0.25) is 0 Å². The maximum atomic E-state index is 12.4. The molecule has 0 bridgehead atoms. The molecule has 26 heavy (non-hydrogen) atoms. The van der Waals surface area contributed by atoms with E-state index in [1.54, 1.807) is 17.9 Å². The zero-order chi connectivity index (χ0) is 19.1. The van der Waals surface area contributed by atoms with Crippen LogP contribution in [0.15, 0.2) is 47.5 Å². The van der Waals surface area contributed by atoms with Crippen LogP contribution in [-0.2, 0) is 7.05 Å². The summed E-state index contributed by atoms with van der Waals surface area (Å²) < 4.78 is 43.7. The summed E-state index contributed by atoms with van der Waals surface area (Å²) >= 11 is 0. The van der Waals surface area contributed by atoms with Crippen molar-refractivity contribution in [2.24, 2.45) is 7.05 Å². The number of aromatic nitrogens is 3. The van der Waals surface area contributed by atoms with E-state index in [-0.39, 0.29) is 11.3 Å². The van der Waals surface area contributed by atoms with Gasteiger partial charge in [-0.1, -0.05) is 0 Å².